The average molecular weight is 357 g/mol. The minimum Gasteiger partial charge on any atom is -0.493 e. The third-order valence-electron chi connectivity index (χ3n) is 3.94. The highest BCUT2D eigenvalue weighted by atomic mass is 32.1. The van der Waals surface area contributed by atoms with Gasteiger partial charge in [-0.15, -0.1) is 11.3 Å². The van der Waals surface area contributed by atoms with Crippen molar-refractivity contribution in [2.24, 2.45) is 0 Å². The van der Waals surface area contributed by atoms with E-state index >= 15 is 0 Å². The third kappa shape index (κ3) is 4.48. The molecule has 2 heterocycles. The fraction of sp³-hybridized carbons (Fsp3) is 0.263. The zero-order chi connectivity index (χ0) is 17.6. The van der Waals surface area contributed by atoms with Crippen molar-refractivity contribution >= 4 is 29.3 Å². The number of ether oxygens (including phenoxy) is 2. The minimum atomic E-state index is -0.391. The molecule has 3 rings (SSSR count). The number of benzene rings is 1. The van der Waals surface area contributed by atoms with E-state index in [0.717, 1.165) is 28.2 Å². The molecular formula is C19H19NO4S. The Balaban J connectivity index is 1.65. The summed E-state index contributed by atoms with van der Waals surface area (Å²) in [7, 11) is 1.34. The van der Waals surface area contributed by atoms with Gasteiger partial charge in [0, 0.05) is 17.4 Å². The van der Waals surface area contributed by atoms with Gasteiger partial charge in [0.1, 0.15) is 5.75 Å². The van der Waals surface area contributed by atoms with Gasteiger partial charge in [-0.1, -0.05) is 12.1 Å². The summed E-state index contributed by atoms with van der Waals surface area (Å²) >= 11 is 1.49. The lowest BCUT2D eigenvalue weighted by atomic mass is 10.1. The minimum absolute atomic E-state index is 0.104. The summed E-state index contributed by atoms with van der Waals surface area (Å²) in [6.07, 6.45) is 4.24. The van der Waals surface area contributed by atoms with Gasteiger partial charge in [-0.2, -0.15) is 0 Å². The maximum Gasteiger partial charge on any atom is 0.307 e. The van der Waals surface area contributed by atoms with Crippen molar-refractivity contribution in [2.75, 3.05) is 13.7 Å². The number of amides is 1. The van der Waals surface area contributed by atoms with Gasteiger partial charge in [0.15, 0.2) is 0 Å². The fourth-order valence-corrected chi connectivity index (χ4v) is 3.44. The highest BCUT2D eigenvalue weighted by molar-refractivity contribution is 7.10. The van der Waals surface area contributed by atoms with Crippen LogP contribution < -0.4 is 10.1 Å². The van der Waals surface area contributed by atoms with Crippen LogP contribution in [0.15, 0.2) is 41.8 Å². The summed E-state index contributed by atoms with van der Waals surface area (Å²) in [5, 5.41) is 4.78. The molecule has 0 saturated heterocycles. The predicted octanol–water partition coefficient (Wildman–Crippen LogP) is 3.12. The maximum absolute atomic E-state index is 12.3. The second-order valence-electron chi connectivity index (χ2n) is 5.66. The molecule has 1 aliphatic heterocycles. The normalized spacial score (nSPS) is 14.0. The maximum atomic E-state index is 12.3. The monoisotopic (exact) mass is 357 g/mol. The van der Waals surface area contributed by atoms with E-state index in [1.54, 1.807) is 6.08 Å². The van der Waals surface area contributed by atoms with Gasteiger partial charge in [-0.3, -0.25) is 9.59 Å². The number of carbonyl (C=O) groups excluding carboxylic acids is 2. The highest BCUT2D eigenvalue weighted by Crippen LogP contribution is 2.26. The van der Waals surface area contributed by atoms with Gasteiger partial charge < -0.3 is 14.8 Å². The molecule has 1 atom stereocenters. The zero-order valence-corrected chi connectivity index (χ0v) is 14.7. The van der Waals surface area contributed by atoms with E-state index in [1.807, 2.05) is 35.7 Å². The number of methoxy groups -OCH3 is 1. The number of thiophene rings is 1. The lowest BCUT2D eigenvalue weighted by Gasteiger charge is -2.15. The second-order valence-corrected chi connectivity index (χ2v) is 6.64. The molecule has 6 heteroatoms. The van der Waals surface area contributed by atoms with Crippen LogP contribution in [0, 0.1) is 0 Å². The average Bonchev–Trinajstić information content (AvgIpc) is 3.30. The lowest BCUT2D eigenvalue weighted by Crippen LogP contribution is -2.28. The Hall–Kier alpha value is -2.60. The highest BCUT2D eigenvalue weighted by Gasteiger charge is 2.19. The van der Waals surface area contributed by atoms with Crippen molar-refractivity contribution in [3.05, 3.63) is 57.8 Å². The van der Waals surface area contributed by atoms with Crippen LogP contribution >= 0.6 is 11.3 Å². The summed E-state index contributed by atoms with van der Waals surface area (Å²) in [5.41, 5.74) is 2.10. The Kier molecular flexibility index (Phi) is 5.50. The molecule has 1 amide bonds. The van der Waals surface area contributed by atoms with Gasteiger partial charge >= 0.3 is 5.97 Å². The molecule has 1 N–H and O–H groups in total. The molecular weight excluding hydrogens is 338 g/mol. The summed E-state index contributed by atoms with van der Waals surface area (Å²) < 4.78 is 10.2. The van der Waals surface area contributed by atoms with E-state index in [0.29, 0.717) is 6.61 Å². The molecule has 0 aliphatic carbocycles. The molecule has 0 bridgehead atoms. The molecule has 0 fully saturated rings. The number of hydrogen-bond acceptors (Lipinski definition) is 5. The SMILES string of the molecule is COC(=O)CC(NC(=O)/C=C/c1ccc2c(c1)CCO2)c1cccs1. The largest absolute Gasteiger partial charge is 0.493 e. The molecule has 1 aliphatic rings. The molecule has 25 heavy (non-hydrogen) atoms. The van der Waals surface area contributed by atoms with Crippen LogP contribution in [0.5, 0.6) is 5.75 Å². The standard InChI is InChI=1S/C19H19NO4S/c1-23-19(22)12-15(17-3-2-10-25-17)20-18(21)7-5-13-4-6-16-14(11-13)8-9-24-16/h2-7,10-11,15H,8-9,12H2,1H3,(H,20,21)/b7-5+. The zero-order valence-electron chi connectivity index (χ0n) is 13.9. The quantitative estimate of drug-likeness (QED) is 0.637. The third-order valence-corrected chi connectivity index (χ3v) is 4.93. The molecule has 1 unspecified atom stereocenters. The molecule has 0 spiro atoms. The van der Waals surface area contributed by atoms with Crippen molar-refractivity contribution in [3.63, 3.8) is 0 Å². The second kappa shape index (κ2) is 7.98. The first-order valence-corrected chi connectivity index (χ1v) is 8.88. The smallest absolute Gasteiger partial charge is 0.307 e. The van der Waals surface area contributed by atoms with Crippen LogP contribution in [-0.2, 0) is 20.7 Å². The van der Waals surface area contributed by atoms with Crippen molar-refractivity contribution in [1.29, 1.82) is 0 Å². The Labute approximate surface area is 150 Å². The van der Waals surface area contributed by atoms with Crippen LogP contribution in [0.3, 0.4) is 0 Å². The van der Waals surface area contributed by atoms with Crippen LogP contribution in [0.1, 0.15) is 28.5 Å². The molecule has 130 valence electrons. The van der Waals surface area contributed by atoms with Crippen LogP contribution in [0.4, 0.5) is 0 Å². The summed E-state index contributed by atoms with van der Waals surface area (Å²) in [6, 6.07) is 9.25. The van der Waals surface area contributed by atoms with Gasteiger partial charge in [0.2, 0.25) is 5.91 Å². The number of fused-ring (bicyclic) bond motifs is 1. The number of carbonyl (C=O) groups is 2. The summed E-state index contributed by atoms with van der Waals surface area (Å²) in [6.45, 7) is 0.707. The van der Waals surface area contributed by atoms with E-state index in [9.17, 15) is 9.59 Å². The molecule has 5 nitrogen and oxygen atoms in total. The van der Waals surface area contributed by atoms with E-state index in [-0.39, 0.29) is 18.3 Å². The van der Waals surface area contributed by atoms with Crippen molar-refractivity contribution in [1.82, 2.24) is 5.32 Å². The van der Waals surface area contributed by atoms with E-state index < -0.39 is 6.04 Å². The van der Waals surface area contributed by atoms with E-state index in [4.69, 9.17) is 9.47 Å². The van der Waals surface area contributed by atoms with Gasteiger partial charge in [0.25, 0.3) is 0 Å². The first kappa shape index (κ1) is 17.2. The van der Waals surface area contributed by atoms with Crippen LogP contribution in [0.2, 0.25) is 0 Å². The Morgan fingerprint density at radius 3 is 3.04 bits per heavy atom. The molecule has 2 aromatic rings. The number of esters is 1. The first-order valence-electron chi connectivity index (χ1n) is 8.00. The Morgan fingerprint density at radius 2 is 2.28 bits per heavy atom. The first-order chi connectivity index (χ1) is 12.2. The van der Waals surface area contributed by atoms with Crippen LogP contribution in [-0.4, -0.2) is 25.6 Å². The Bertz CT molecular complexity index is 783. The molecule has 0 saturated carbocycles. The van der Waals surface area contributed by atoms with Crippen molar-refractivity contribution < 1.29 is 19.1 Å². The van der Waals surface area contributed by atoms with Gasteiger partial charge in [-0.05, 0) is 40.8 Å². The summed E-state index contributed by atoms with van der Waals surface area (Å²) in [5.74, 6) is 0.304. The molecule has 1 aromatic heterocycles. The lowest BCUT2D eigenvalue weighted by molar-refractivity contribution is -0.141. The van der Waals surface area contributed by atoms with Crippen molar-refractivity contribution in [3.8, 4) is 5.75 Å². The fourth-order valence-electron chi connectivity index (χ4n) is 2.66. The number of rotatable bonds is 6. The Morgan fingerprint density at radius 1 is 1.40 bits per heavy atom. The predicted molar refractivity (Wildman–Crippen MR) is 96.5 cm³/mol. The van der Waals surface area contributed by atoms with Gasteiger partial charge in [-0.25, -0.2) is 0 Å². The van der Waals surface area contributed by atoms with Crippen molar-refractivity contribution in [2.45, 2.75) is 18.9 Å². The number of hydrogen-bond donors (Lipinski definition) is 1. The summed E-state index contributed by atoms with van der Waals surface area (Å²) in [4.78, 5) is 24.8. The van der Waals surface area contributed by atoms with Gasteiger partial charge in [0.05, 0.1) is 26.2 Å². The van der Waals surface area contributed by atoms with E-state index in [1.165, 1.54) is 24.5 Å². The topological polar surface area (TPSA) is 64.6 Å². The molecule has 1 aromatic carbocycles. The van der Waals surface area contributed by atoms with E-state index in [2.05, 4.69) is 5.32 Å². The number of nitrogens with one attached hydrogen (secondary N) is 1. The van der Waals surface area contributed by atoms with Crippen LogP contribution in [0.25, 0.3) is 6.08 Å². The molecule has 0 radical (unpaired) electrons.